The highest BCUT2D eigenvalue weighted by Crippen LogP contribution is 2.43. The molecule has 0 N–H and O–H groups in total. The lowest BCUT2D eigenvalue weighted by Crippen LogP contribution is -2.38. The zero-order valence-electron chi connectivity index (χ0n) is 30.2. The summed E-state index contributed by atoms with van der Waals surface area (Å²) in [5, 5.41) is 0. The summed E-state index contributed by atoms with van der Waals surface area (Å²) >= 11 is 0. The van der Waals surface area contributed by atoms with Crippen molar-refractivity contribution in [1.82, 2.24) is 0 Å². The van der Waals surface area contributed by atoms with Crippen molar-refractivity contribution in [3.63, 3.8) is 0 Å². The molecule has 0 bridgehead atoms. The average molecular weight is 687 g/mol. The number of aryl methyl sites for hydroxylation is 1. The van der Waals surface area contributed by atoms with Gasteiger partial charge in [-0.1, -0.05) is 66.3 Å². The number of sulfone groups is 1. The van der Waals surface area contributed by atoms with Crippen LogP contribution in [0.1, 0.15) is 104 Å². The summed E-state index contributed by atoms with van der Waals surface area (Å²) in [7, 11) is -3.49. The first kappa shape index (κ1) is 37.7. The molecule has 0 aromatic heterocycles. The molecular weight excluding hydrogens is 625 g/mol. The Morgan fingerprint density at radius 1 is 0.875 bits per heavy atom. The monoisotopic (exact) mass is 686 g/mol. The van der Waals surface area contributed by atoms with Crippen LogP contribution in [0.15, 0.2) is 53.5 Å². The highest BCUT2D eigenvalue weighted by molar-refractivity contribution is 7.91. The minimum Gasteiger partial charge on any atom is -0.374 e. The molecule has 0 unspecified atom stereocenters. The first-order valence-electron chi connectivity index (χ1n) is 18.8. The van der Waals surface area contributed by atoms with Gasteiger partial charge in [-0.05, 0) is 98.0 Å². The van der Waals surface area contributed by atoms with Crippen LogP contribution < -0.4 is 0 Å². The number of hydrogen-bond acceptors (Lipinski definition) is 7. The Labute approximate surface area is 291 Å². The summed E-state index contributed by atoms with van der Waals surface area (Å²) in [5.74, 6) is 0.938. The predicted octanol–water partition coefficient (Wildman–Crippen LogP) is 8.26. The molecule has 4 aliphatic heterocycles. The fourth-order valence-electron chi connectivity index (χ4n) is 8.12. The van der Waals surface area contributed by atoms with Crippen molar-refractivity contribution in [3.05, 3.63) is 54.1 Å². The Hall–Kier alpha value is -1.55. The molecule has 0 amide bonds. The third kappa shape index (κ3) is 9.61. The molecule has 0 aliphatic carbocycles. The van der Waals surface area contributed by atoms with E-state index in [1.165, 1.54) is 5.57 Å². The fraction of sp³-hybridized carbons (Fsp3) is 0.750. The van der Waals surface area contributed by atoms with Crippen LogP contribution in [0, 0.1) is 23.7 Å². The Morgan fingerprint density at radius 3 is 2.25 bits per heavy atom. The van der Waals surface area contributed by atoms with Crippen LogP contribution in [0.25, 0.3) is 0 Å². The van der Waals surface area contributed by atoms with Gasteiger partial charge in [-0.3, -0.25) is 0 Å². The molecule has 4 aliphatic rings. The number of benzene rings is 1. The quantitative estimate of drug-likeness (QED) is 0.172. The van der Waals surface area contributed by atoms with Gasteiger partial charge < -0.3 is 23.7 Å². The highest BCUT2D eigenvalue weighted by Gasteiger charge is 2.46. The van der Waals surface area contributed by atoms with Gasteiger partial charge in [-0.15, -0.1) is 0 Å². The molecule has 1 aromatic carbocycles. The summed E-state index contributed by atoms with van der Waals surface area (Å²) < 4.78 is 59.0. The minimum atomic E-state index is -3.49. The summed E-state index contributed by atoms with van der Waals surface area (Å²) in [4.78, 5) is 0.400. The molecule has 4 saturated heterocycles. The maximum Gasteiger partial charge on any atom is 0.178 e. The second-order valence-electron chi connectivity index (χ2n) is 15.2. The molecule has 4 heterocycles. The molecule has 0 radical (unpaired) electrons. The number of ether oxygens (including phenoxy) is 5. The van der Waals surface area contributed by atoms with E-state index in [-0.39, 0.29) is 60.5 Å². The van der Waals surface area contributed by atoms with Gasteiger partial charge in [0.1, 0.15) is 0 Å². The molecule has 10 atom stereocenters. The van der Waals surface area contributed by atoms with Crippen molar-refractivity contribution in [2.75, 3.05) is 19.0 Å². The van der Waals surface area contributed by atoms with Gasteiger partial charge in [0.25, 0.3) is 0 Å². The maximum atomic E-state index is 13.8. The molecule has 5 rings (SSSR count). The van der Waals surface area contributed by atoms with E-state index in [0.717, 1.165) is 88.6 Å². The third-order valence-electron chi connectivity index (χ3n) is 11.7. The molecule has 8 heteroatoms. The van der Waals surface area contributed by atoms with Crippen LogP contribution in [0.2, 0.25) is 0 Å². The summed E-state index contributed by atoms with van der Waals surface area (Å²) in [5.41, 5.74) is 3.40. The molecule has 1 aromatic rings. The Morgan fingerprint density at radius 2 is 1.56 bits per heavy atom. The minimum absolute atomic E-state index is 0.0346. The van der Waals surface area contributed by atoms with E-state index < -0.39 is 9.84 Å². The standard InChI is InChI=1S/C40H62O7S/c1-8-26(3)21-37-30(7)35(25-48(41,42)34-15-11-31(9-2)12-16-34)39(47-37)24-38-29(6)27(4)22-32(46-38)13-17-36-28(5)23-33(45-36)14-18-40-43-19-10-20-44-40/h11-12,15-16,26-27,30,32-33,35-40H,5-6,8-10,13-14,17-25H2,1-4,7H3/t26-,27+,30+,32+,33+,35-,36+,37-,38-,39+/m1/s1. The lowest BCUT2D eigenvalue weighted by Gasteiger charge is -2.38. The highest BCUT2D eigenvalue weighted by atomic mass is 32.2. The van der Waals surface area contributed by atoms with Gasteiger partial charge in [0.15, 0.2) is 16.1 Å². The van der Waals surface area contributed by atoms with E-state index in [9.17, 15) is 8.42 Å². The predicted molar refractivity (Wildman–Crippen MR) is 191 cm³/mol. The van der Waals surface area contributed by atoms with Gasteiger partial charge in [-0.2, -0.15) is 0 Å². The lowest BCUT2D eigenvalue weighted by molar-refractivity contribution is -0.184. The topological polar surface area (TPSA) is 80.3 Å². The van der Waals surface area contributed by atoms with Crippen molar-refractivity contribution in [2.45, 2.75) is 153 Å². The molecule has 0 saturated carbocycles. The van der Waals surface area contributed by atoms with E-state index in [1.54, 1.807) is 12.1 Å². The second-order valence-corrected chi connectivity index (χ2v) is 17.3. The first-order valence-corrected chi connectivity index (χ1v) is 20.5. The van der Waals surface area contributed by atoms with E-state index in [2.05, 4.69) is 47.8 Å². The molecule has 0 spiro atoms. The fourth-order valence-corrected chi connectivity index (χ4v) is 9.88. The molecule has 270 valence electrons. The van der Waals surface area contributed by atoms with Crippen molar-refractivity contribution in [3.8, 4) is 0 Å². The van der Waals surface area contributed by atoms with Gasteiger partial charge in [0.05, 0.1) is 60.5 Å². The van der Waals surface area contributed by atoms with Gasteiger partial charge >= 0.3 is 0 Å². The second kappa shape index (κ2) is 17.1. The van der Waals surface area contributed by atoms with Gasteiger partial charge in [0.2, 0.25) is 0 Å². The summed E-state index contributed by atoms with van der Waals surface area (Å²) in [6, 6.07) is 7.39. The largest absolute Gasteiger partial charge is 0.374 e. The Kier molecular flexibility index (Phi) is 13.4. The SMILES string of the molecule is C=C1C[C@H](CCC2OCCCO2)O[C@H]1CC[C@H]1C[C@H](C)C(=C)[C@@H](C[C@@H]2O[C@H](C[C@H](C)CC)[C@@H](C)[C@H]2CS(=O)(=O)c2ccc(CC)cc2)O1. The van der Waals surface area contributed by atoms with E-state index in [4.69, 9.17) is 23.7 Å². The van der Waals surface area contributed by atoms with E-state index >= 15 is 0 Å². The first-order chi connectivity index (χ1) is 23.0. The molecule has 4 fully saturated rings. The van der Waals surface area contributed by atoms with Crippen LogP contribution >= 0.6 is 0 Å². The van der Waals surface area contributed by atoms with Crippen LogP contribution in [0.4, 0.5) is 0 Å². The molecular formula is C40H62O7S. The van der Waals surface area contributed by atoms with Crippen molar-refractivity contribution >= 4 is 9.84 Å². The smallest absolute Gasteiger partial charge is 0.178 e. The van der Waals surface area contributed by atoms with Crippen LogP contribution in [0.5, 0.6) is 0 Å². The maximum absolute atomic E-state index is 13.8. The number of hydrogen-bond donors (Lipinski definition) is 0. The zero-order valence-corrected chi connectivity index (χ0v) is 31.1. The van der Waals surface area contributed by atoms with Gasteiger partial charge in [0, 0.05) is 18.8 Å². The van der Waals surface area contributed by atoms with Crippen molar-refractivity contribution in [2.24, 2.45) is 23.7 Å². The van der Waals surface area contributed by atoms with Gasteiger partial charge in [-0.25, -0.2) is 8.42 Å². The van der Waals surface area contributed by atoms with Crippen LogP contribution in [0.3, 0.4) is 0 Å². The summed E-state index contributed by atoms with van der Waals surface area (Å²) in [6.07, 6.45) is 9.71. The van der Waals surface area contributed by atoms with E-state index in [0.29, 0.717) is 23.2 Å². The van der Waals surface area contributed by atoms with Crippen molar-refractivity contribution in [1.29, 1.82) is 0 Å². The normalized spacial score (nSPS) is 34.1. The van der Waals surface area contributed by atoms with Crippen molar-refractivity contribution < 1.29 is 32.1 Å². The average Bonchev–Trinajstić information content (AvgIpc) is 3.58. The Balaban J connectivity index is 1.21. The third-order valence-corrected chi connectivity index (χ3v) is 13.5. The van der Waals surface area contributed by atoms with Crippen LogP contribution in [-0.4, -0.2) is 70.3 Å². The Bertz CT molecular complexity index is 1300. The zero-order chi connectivity index (χ0) is 34.4. The molecule has 7 nitrogen and oxygen atoms in total. The van der Waals surface area contributed by atoms with E-state index in [1.807, 2.05) is 12.1 Å². The lowest BCUT2D eigenvalue weighted by atomic mass is 9.81. The molecule has 48 heavy (non-hydrogen) atoms. The van der Waals surface area contributed by atoms with Crippen LogP contribution in [-0.2, 0) is 39.9 Å². The number of rotatable bonds is 15. The summed E-state index contributed by atoms with van der Waals surface area (Å²) in [6.45, 7) is 21.4.